The fraction of sp³-hybridized carbons (Fsp3) is 0.217. The van der Waals surface area contributed by atoms with Crippen LogP contribution in [0.25, 0.3) is 0 Å². The third-order valence-corrected chi connectivity index (χ3v) is 7.33. The van der Waals surface area contributed by atoms with Crippen LogP contribution in [0.4, 0.5) is 10.1 Å². The van der Waals surface area contributed by atoms with Crippen molar-refractivity contribution in [3.63, 3.8) is 0 Å². The number of sulfonamides is 1. The summed E-state index contributed by atoms with van der Waals surface area (Å²) in [6, 6.07) is 16.5. The summed E-state index contributed by atoms with van der Waals surface area (Å²) in [5.41, 5.74) is 1.12. The van der Waals surface area contributed by atoms with Crippen LogP contribution in [-0.2, 0) is 19.4 Å². The van der Waals surface area contributed by atoms with Gasteiger partial charge >= 0.3 is 0 Å². The van der Waals surface area contributed by atoms with Gasteiger partial charge < -0.3 is 14.6 Å². The molecule has 1 aliphatic rings. The van der Waals surface area contributed by atoms with Gasteiger partial charge in [-0.1, -0.05) is 34.5 Å². The zero-order valence-electron chi connectivity index (χ0n) is 17.3. The van der Waals surface area contributed by atoms with E-state index < -0.39 is 28.2 Å². The van der Waals surface area contributed by atoms with E-state index in [4.69, 9.17) is 4.74 Å². The lowest BCUT2D eigenvalue weighted by atomic mass is 9.99. The normalized spacial score (nSPS) is 20.5. The van der Waals surface area contributed by atoms with E-state index in [0.717, 1.165) is 0 Å². The lowest BCUT2D eigenvalue weighted by molar-refractivity contribution is -0.119. The molecule has 7 nitrogen and oxygen atoms in total. The fourth-order valence-corrected chi connectivity index (χ4v) is 5.49. The summed E-state index contributed by atoms with van der Waals surface area (Å²) in [5.74, 6) is -0.897. The van der Waals surface area contributed by atoms with Crippen LogP contribution in [0.5, 0.6) is 5.88 Å². The zero-order valence-corrected chi connectivity index (χ0v) is 18.1. The third-order valence-electron chi connectivity index (χ3n) is 5.44. The number of rotatable bonds is 6. The SMILES string of the molecule is COc1ccc(NC(=O)[C@@H]2C[C@@H](c3ccc(F)cc3)N([S+](=O)([O-])c3ccccc3)C2)cn1. The number of methoxy groups -OCH3 is 1. The van der Waals surface area contributed by atoms with Crippen molar-refractivity contribution in [1.29, 1.82) is 0 Å². The number of hydrogen-bond acceptors (Lipinski definition) is 5. The van der Waals surface area contributed by atoms with Crippen molar-refractivity contribution in [2.24, 2.45) is 5.92 Å². The van der Waals surface area contributed by atoms with Crippen molar-refractivity contribution in [2.75, 3.05) is 19.0 Å². The zero-order chi connectivity index (χ0) is 22.7. The maximum atomic E-state index is 13.5. The molecule has 3 aromatic rings. The van der Waals surface area contributed by atoms with E-state index >= 15 is 0 Å². The van der Waals surface area contributed by atoms with Crippen molar-refractivity contribution >= 4 is 22.0 Å². The second kappa shape index (κ2) is 9.15. The number of hydrogen-bond donors (Lipinski definition) is 1. The van der Waals surface area contributed by atoms with Gasteiger partial charge in [0, 0.05) is 6.07 Å². The van der Waals surface area contributed by atoms with Crippen molar-refractivity contribution in [3.8, 4) is 5.88 Å². The van der Waals surface area contributed by atoms with Gasteiger partial charge in [0.2, 0.25) is 11.8 Å². The summed E-state index contributed by atoms with van der Waals surface area (Å²) >= 11 is 0. The molecule has 1 amide bonds. The Morgan fingerprint density at radius 3 is 2.50 bits per heavy atom. The van der Waals surface area contributed by atoms with Gasteiger partial charge in [0.1, 0.15) is 5.82 Å². The molecule has 0 spiro atoms. The van der Waals surface area contributed by atoms with Gasteiger partial charge in [0.25, 0.3) is 0 Å². The fourth-order valence-electron chi connectivity index (χ4n) is 3.80. The first-order chi connectivity index (χ1) is 15.4. The van der Waals surface area contributed by atoms with Gasteiger partial charge in [-0.15, -0.1) is 4.31 Å². The Kier molecular flexibility index (Phi) is 6.31. The van der Waals surface area contributed by atoms with Crippen molar-refractivity contribution < 1.29 is 22.7 Å². The number of aromatic nitrogens is 1. The highest BCUT2D eigenvalue weighted by Gasteiger charge is 2.47. The molecule has 1 aromatic heterocycles. The van der Waals surface area contributed by atoms with Gasteiger partial charge in [-0.25, -0.2) is 9.37 Å². The second-order valence-corrected chi connectivity index (χ2v) is 9.36. The molecule has 1 aliphatic heterocycles. The predicted octanol–water partition coefficient (Wildman–Crippen LogP) is 3.84. The number of halogens is 1. The van der Waals surface area contributed by atoms with E-state index in [1.54, 1.807) is 42.5 Å². The number of nitrogens with zero attached hydrogens (tertiary/aromatic N) is 2. The van der Waals surface area contributed by atoms with E-state index in [1.807, 2.05) is 0 Å². The quantitative estimate of drug-likeness (QED) is 0.570. The average molecular weight is 456 g/mol. The summed E-state index contributed by atoms with van der Waals surface area (Å²) in [5, 5.41) is 2.79. The Balaban J connectivity index is 1.61. The maximum absolute atomic E-state index is 13.5. The van der Waals surface area contributed by atoms with E-state index in [-0.39, 0.29) is 23.8 Å². The monoisotopic (exact) mass is 455 g/mol. The molecule has 0 bridgehead atoms. The molecule has 1 N–H and O–H groups in total. The lowest BCUT2D eigenvalue weighted by Crippen LogP contribution is -2.37. The molecule has 0 saturated carbocycles. The van der Waals surface area contributed by atoms with E-state index in [1.165, 1.54) is 41.9 Å². The molecule has 1 saturated heterocycles. The van der Waals surface area contributed by atoms with Crippen LogP contribution in [-0.4, -0.2) is 33.4 Å². The number of ether oxygens (including phenoxy) is 1. The molecule has 2 heterocycles. The van der Waals surface area contributed by atoms with E-state index in [9.17, 15) is 17.9 Å². The molecule has 0 aliphatic carbocycles. The molecule has 4 rings (SSSR count). The molecular weight excluding hydrogens is 433 g/mol. The van der Waals surface area contributed by atoms with Gasteiger partial charge in [-0.2, -0.15) is 0 Å². The molecular formula is C23H22FN3O4S. The number of benzene rings is 2. The summed E-state index contributed by atoms with van der Waals surface area (Å²) in [4.78, 5) is 17.2. The van der Waals surface area contributed by atoms with Gasteiger partial charge in [-0.05, 0) is 42.3 Å². The maximum Gasteiger partial charge on any atom is 0.229 e. The molecule has 3 atom stereocenters. The standard InChI is InChI=1S/C23H22FN3O4S/c1-31-22-12-11-19(14-25-22)26-23(28)17-13-21(16-7-9-18(24)10-8-16)27(15-17)32(29,30)20-5-3-2-4-6-20/h2-12,14,17,21H,13,15H2,1H3,(H-,26,28,29,30)/t17-,21+/m1/s1. The summed E-state index contributed by atoms with van der Waals surface area (Å²) in [6.45, 7) is 0.00862. The molecule has 32 heavy (non-hydrogen) atoms. The summed E-state index contributed by atoms with van der Waals surface area (Å²) in [7, 11) is -2.37. The molecule has 2 aromatic carbocycles. The van der Waals surface area contributed by atoms with Crippen LogP contribution in [0.2, 0.25) is 0 Å². The third kappa shape index (κ3) is 4.55. The van der Waals surface area contributed by atoms with E-state index in [2.05, 4.69) is 10.3 Å². The van der Waals surface area contributed by atoms with Gasteiger partial charge in [-0.3, -0.25) is 4.79 Å². The molecule has 9 heteroatoms. The van der Waals surface area contributed by atoms with Crippen LogP contribution < -0.4 is 10.1 Å². The first-order valence-corrected chi connectivity index (χ1v) is 11.5. The molecule has 166 valence electrons. The Morgan fingerprint density at radius 2 is 1.88 bits per heavy atom. The molecule has 1 unspecified atom stereocenters. The van der Waals surface area contributed by atoms with Crippen molar-refractivity contribution in [2.45, 2.75) is 17.4 Å². The summed E-state index contributed by atoms with van der Waals surface area (Å²) in [6.07, 6.45) is 1.74. The van der Waals surface area contributed by atoms with Gasteiger partial charge in [0.05, 0.1) is 37.5 Å². The number of pyridine rings is 1. The van der Waals surface area contributed by atoms with Crippen molar-refractivity contribution in [1.82, 2.24) is 9.29 Å². The van der Waals surface area contributed by atoms with E-state index in [0.29, 0.717) is 17.1 Å². The van der Waals surface area contributed by atoms with Crippen LogP contribution in [0, 0.1) is 11.7 Å². The Labute approximate surface area is 186 Å². The van der Waals surface area contributed by atoms with Crippen LogP contribution in [0.1, 0.15) is 18.0 Å². The molecule has 0 radical (unpaired) electrons. The van der Waals surface area contributed by atoms with Crippen LogP contribution in [0.15, 0.2) is 77.8 Å². The number of carbonyl (C=O) groups is 1. The van der Waals surface area contributed by atoms with Crippen LogP contribution >= 0.6 is 0 Å². The highest BCUT2D eigenvalue weighted by atomic mass is 32.3. The molecule has 1 fully saturated rings. The topological polar surface area (TPSA) is 94.6 Å². The highest BCUT2D eigenvalue weighted by molar-refractivity contribution is 7.95. The lowest BCUT2D eigenvalue weighted by Gasteiger charge is -2.28. The first-order valence-electron chi connectivity index (χ1n) is 10.0. The van der Waals surface area contributed by atoms with Gasteiger partial charge in [0.15, 0.2) is 15.3 Å². The average Bonchev–Trinajstić information content (AvgIpc) is 3.27. The minimum absolute atomic E-state index is 0.00862. The minimum Gasteiger partial charge on any atom is -0.593 e. The second-order valence-electron chi connectivity index (χ2n) is 7.47. The number of amides is 1. The smallest absolute Gasteiger partial charge is 0.229 e. The van der Waals surface area contributed by atoms with Crippen LogP contribution in [0.3, 0.4) is 0 Å². The Morgan fingerprint density at radius 1 is 1.16 bits per heavy atom. The van der Waals surface area contributed by atoms with Crippen molar-refractivity contribution in [3.05, 3.63) is 84.3 Å². The minimum atomic E-state index is -3.86. The Hall–Kier alpha value is -3.14. The number of anilines is 1. The predicted molar refractivity (Wildman–Crippen MR) is 117 cm³/mol. The summed E-state index contributed by atoms with van der Waals surface area (Å²) < 4.78 is 46.6. The first kappa shape index (κ1) is 22.1. The highest BCUT2D eigenvalue weighted by Crippen LogP contribution is 2.41. The number of nitrogens with one attached hydrogen (secondary N) is 1. The largest absolute Gasteiger partial charge is 0.593 e. The number of carbonyl (C=O) groups excluding carboxylic acids is 1. The Bertz CT molecular complexity index is 1130.